The van der Waals surface area contributed by atoms with Crippen molar-refractivity contribution in [3.8, 4) is 0 Å². The number of carbonyl (C=O) groups is 1. The highest BCUT2D eigenvalue weighted by atomic mass is 19.3. The van der Waals surface area contributed by atoms with Crippen LogP contribution in [-0.2, 0) is 6.54 Å². The predicted octanol–water partition coefficient (Wildman–Crippen LogP) is 2.07. The van der Waals surface area contributed by atoms with Crippen LogP contribution in [0.25, 0.3) is 0 Å². The Hall–Kier alpha value is -1.33. The molecule has 0 aromatic carbocycles. The molecule has 0 amide bonds. The molecule has 84 valence electrons. The van der Waals surface area contributed by atoms with Gasteiger partial charge >= 0.3 is 0 Å². The summed E-state index contributed by atoms with van der Waals surface area (Å²) in [5.74, 6) is 0.388. The zero-order chi connectivity index (χ0) is 11.4. The lowest BCUT2D eigenvalue weighted by molar-refractivity contribution is 0.109. The van der Waals surface area contributed by atoms with Crippen LogP contribution in [0.2, 0.25) is 0 Å². The third-order valence-electron chi connectivity index (χ3n) is 2.04. The van der Waals surface area contributed by atoms with Gasteiger partial charge in [-0.1, -0.05) is 19.1 Å². The number of aldehydes is 1. The highest BCUT2D eigenvalue weighted by Crippen LogP contribution is 2.20. The van der Waals surface area contributed by atoms with Gasteiger partial charge in [-0.25, -0.2) is 13.5 Å². The van der Waals surface area contributed by atoms with Crippen LogP contribution < -0.4 is 0 Å². The minimum absolute atomic E-state index is 0.270. The van der Waals surface area contributed by atoms with Crippen LogP contribution >= 0.6 is 0 Å². The molecule has 0 fully saturated rings. The number of carbonyl (C=O) groups excluding carboxylic acids is 1. The smallest absolute Gasteiger partial charge is 0.282 e. The van der Waals surface area contributed by atoms with E-state index in [0.717, 1.165) is 11.1 Å². The molecule has 1 rings (SSSR count). The normalized spacial score (nSPS) is 11.3. The number of halogens is 2. The summed E-state index contributed by atoms with van der Waals surface area (Å²) in [5, 5.41) is 6.93. The summed E-state index contributed by atoms with van der Waals surface area (Å²) in [7, 11) is 0. The number of hydrogen-bond acceptors (Lipinski definition) is 3. The second-order valence-electron chi connectivity index (χ2n) is 3.68. The first-order valence-corrected chi connectivity index (χ1v) is 4.73. The SMILES string of the molecule is CC(C)CCn1nnc(C=O)c1C(F)F. The number of nitrogens with zero attached hydrogens (tertiary/aromatic N) is 3. The van der Waals surface area contributed by atoms with Gasteiger partial charge in [0.2, 0.25) is 0 Å². The summed E-state index contributed by atoms with van der Waals surface area (Å²) in [6.07, 6.45) is -1.69. The first kappa shape index (κ1) is 11.7. The zero-order valence-electron chi connectivity index (χ0n) is 8.65. The molecule has 6 heteroatoms. The van der Waals surface area contributed by atoms with E-state index in [1.54, 1.807) is 0 Å². The van der Waals surface area contributed by atoms with Crippen molar-refractivity contribution in [1.82, 2.24) is 15.0 Å². The molecule has 0 aliphatic carbocycles. The maximum Gasteiger partial charge on any atom is 0.282 e. The van der Waals surface area contributed by atoms with Crippen molar-refractivity contribution in [3.05, 3.63) is 11.4 Å². The molecule has 1 aromatic heterocycles. The number of alkyl halides is 2. The number of hydrogen-bond donors (Lipinski definition) is 0. The Labute approximate surface area is 86.3 Å². The number of rotatable bonds is 5. The van der Waals surface area contributed by atoms with E-state index in [-0.39, 0.29) is 11.4 Å². The first-order valence-electron chi connectivity index (χ1n) is 4.73. The van der Waals surface area contributed by atoms with E-state index in [1.807, 2.05) is 13.8 Å². The second-order valence-corrected chi connectivity index (χ2v) is 3.68. The Morgan fingerprint density at radius 3 is 2.60 bits per heavy atom. The van der Waals surface area contributed by atoms with Crippen molar-refractivity contribution in [2.75, 3.05) is 0 Å². The molecule has 0 aliphatic heterocycles. The second kappa shape index (κ2) is 4.95. The highest BCUT2D eigenvalue weighted by molar-refractivity contribution is 5.73. The summed E-state index contributed by atoms with van der Waals surface area (Å²) in [6.45, 7) is 4.33. The molecule has 0 bridgehead atoms. The van der Waals surface area contributed by atoms with E-state index in [1.165, 1.54) is 0 Å². The Bertz CT molecular complexity index is 336. The van der Waals surface area contributed by atoms with Gasteiger partial charge in [-0.05, 0) is 12.3 Å². The minimum atomic E-state index is -2.72. The van der Waals surface area contributed by atoms with Crippen LogP contribution in [-0.4, -0.2) is 21.3 Å². The van der Waals surface area contributed by atoms with Gasteiger partial charge < -0.3 is 0 Å². The zero-order valence-corrected chi connectivity index (χ0v) is 8.65. The molecule has 1 heterocycles. The molecular formula is C9H13F2N3O. The topological polar surface area (TPSA) is 47.8 Å². The van der Waals surface area contributed by atoms with E-state index in [2.05, 4.69) is 10.3 Å². The molecule has 1 aromatic rings. The van der Waals surface area contributed by atoms with Gasteiger partial charge in [0, 0.05) is 6.54 Å². The summed E-state index contributed by atoms with van der Waals surface area (Å²) in [5.41, 5.74) is -0.653. The van der Waals surface area contributed by atoms with E-state index in [0.29, 0.717) is 18.7 Å². The van der Waals surface area contributed by atoms with Gasteiger partial charge in [-0.2, -0.15) is 0 Å². The summed E-state index contributed by atoms with van der Waals surface area (Å²) >= 11 is 0. The maximum absolute atomic E-state index is 12.6. The van der Waals surface area contributed by atoms with Crippen LogP contribution in [0.15, 0.2) is 0 Å². The highest BCUT2D eigenvalue weighted by Gasteiger charge is 2.21. The number of aromatic nitrogens is 3. The van der Waals surface area contributed by atoms with Crippen molar-refractivity contribution >= 4 is 6.29 Å². The molecule has 0 saturated carbocycles. The van der Waals surface area contributed by atoms with Crippen LogP contribution in [0.5, 0.6) is 0 Å². The van der Waals surface area contributed by atoms with Crippen molar-refractivity contribution in [3.63, 3.8) is 0 Å². The fourth-order valence-corrected chi connectivity index (χ4v) is 1.19. The van der Waals surface area contributed by atoms with Crippen LogP contribution in [0.1, 0.15) is 42.9 Å². The summed E-state index contributed by atoms with van der Waals surface area (Å²) in [6, 6.07) is 0. The van der Waals surface area contributed by atoms with E-state index in [9.17, 15) is 13.6 Å². The maximum atomic E-state index is 12.6. The molecule has 0 unspecified atom stereocenters. The Morgan fingerprint density at radius 2 is 2.13 bits per heavy atom. The molecule has 15 heavy (non-hydrogen) atoms. The van der Waals surface area contributed by atoms with Crippen molar-refractivity contribution < 1.29 is 13.6 Å². The quantitative estimate of drug-likeness (QED) is 0.709. The Balaban J connectivity index is 2.87. The van der Waals surface area contributed by atoms with E-state index in [4.69, 9.17) is 0 Å². The molecule has 0 radical (unpaired) electrons. The van der Waals surface area contributed by atoms with Crippen LogP contribution in [0.3, 0.4) is 0 Å². The molecule has 0 saturated heterocycles. The predicted molar refractivity (Wildman–Crippen MR) is 49.8 cm³/mol. The molecule has 0 spiro atoms. The lowest BCUT2D eigenvalue weighted by Gasteiger charge is -2.07. The van der Waals surface area contributed by atoms with E-state index < -0.39 is 6.43 Å². The molecule has 0 N–H and O–H groups in total. The monoisotopic (exact) mass is 217 g/mol. The minimum Gasteiger partial charge on any atom is -0.296 e. The summed E-state index contributed by atoms with van der Waals surface area (Å²) < 4.78 is 26.3. The van der Waals surface area contributed by atoms with Gasteiger partial charge in [0.1, 0.15) is 5.69 Å². The first-order chi connectivity index (χ1) is 7.06. The average molecular weight is 217 g/mol. The fourth-order valence-electron chi connectivity index (χ4n) is 1.19. The molecule has 4 nitrogen and oxygen atoms in total. The van der Waals surface area contributed by atoms with Gasteiger partial charge in [0.15, 0.2) is 12.0 Å². The van der Waals surface area contributed by atoms with E-state index >= 15 is 0 Å². The Kier molecular flexibility index (Phi) is 3.88. The van der Waals surface area contributed by atoms with Crippen molar-refractivity contribution in [1.29, 1.82) is 0 Å². The average Bonchev–Trinajstić information content (AvgIpc) is 2.57. The van der Waals surface area contributed by atoms with Crippen LogP contribution in [0, 0.1) is 5.92 Å². The summed E-state index contributed by atoms with van der Waals surface area (Å²) in [4.78, 5) is 10.4. The fraction of sp³-hybridized carbons (Fsp3) is 0.667. The van der Waals surface area contributed by atoms with Crippen molar-refractivity contribution in [2.45, 2.75) is 33.2 Å². The van der Waals surface area contributed by atoms with Gasteiger partial charge in [0.05, 0.1) is 0 Å². The van der Waals surface area contributed by atoms with Gasteiger partial charge in [0.25, 0.3) is 6.43 Å². The van der Waals surface area contributed by atoms with Crippen LogP contribution in [0.4, 0.5) is 8.78 Å². The van der Waals surface area contributed by atoms with Gasteiger partial charge in [-0.3, -0.25) is 4.79 Å². The molecule has 0 aliphatic rings. The third-order valence-corrected chi connectivity index (χ3v) is 2.04. The third kappa shape index (κ3) is 2.81. The number of aryl methyl sites for hydroxylation is 1. The standard InChI is InChI=1S/C9H13F2N3O/c1-6(2)3-4-14-8(9(10)11)7(5-15)12-13-14/h5-6,9H,3-4H2,1-2H3. The molecule has 0 atom stereocenters. The lowest BCUT2D eigenvalue weighted by Crippen LogP contribution is -2.08. The largest absolute Gasteiger partial charge is 0.296 e. The Morgan fingerprint density at radius 1 is 1.47 bits per heavy atom. The van der Waals surface area contributed by atoms with Gasteiger partial charge in [-0.15, -0.1) is 5.10 Å². The van der Waals surface area contributed by atoms with Crippen molar-refractivity contribution in [2.24, 2.45) is 5.92 Å². The lowest BCUT2D eigenvalue weighted by atomic mass is 10.1. The molecular weight excluding hydrogens is 204 g/mol.